The van der Waals surface area contributed by atoms with Crippen LogP contribution in [-0.4, -0.2) is 34.9 Å². The van der Waals surface area contributed by atoms with E-state index in [1.807, 2.05) is 22.6 Å². The molecule has 0 saturated heterocycles. The SMILES string of the molecule is C=CCOC(=O)N[C@H](Cc1ccc(O)c(I)c1)C(=O)O. The molecule has 0 spiro atoms. The largest absolute Gasteiger partial charge is 0.507 e. The Kier molecular flexibility index (Phi) is 6.29. The van der Waals surface area contributed by atoms with E-state index >= 15 is 0 Å². The van der Waals surface area contributed by atoms with E-state index in [4.69, 9.17) is 5.11 Å². The monoisotopic (exact) mass is 391 g/mol. The first-order chi connectivity index (χ1) is 9.43. The Morgan fingerprint density at radius 1 is 1.50 bits per heavy atom. The first kappa shape index (κ1) is 16.3. The van der Waals surface area contributed by atoms with Gasteiger partial charge < -0.3 is 20.3 Å². The van der Waals surface area contributed by atoms with Crippen molar-refractivity contribution >= 4 is 34.7 Å². The molecule has 1 rings (SSSR count). The van der Waals surface area contributed by atoms with Crippen molar-refractivity contribution in [2.24, 2.45) is 0 Å². The lowest BCUT2D eigenvalue weighted by Gasteiger charge is -2.14. The molecular weight excluding hydrogens is 377 g/mol. The first-order valence-corrected chi connectivity index (χ1v) is 6.76. The number of carboxylic acids is 1. The molecule has 0 aliphatic rings. The van der Waals surface area contributed by atoms with Crippen LogP contribution in [0, 0.1) is 3.57 Å². The van der Waals surface area contributed by atoms with Gasteiger partial charge in [-0.15, -0.1) is 0 Å². The number of aromatic hydroxyl groups is 1. The zero-order valence-corrected chi connectivity index (χ0v) is 12.7. The highest BCUT2D eigenvalue weighted by Crippen LogP contribution is 2.21. The van der Waals surface area contributed by atoms with Gasteiger partial charge in [-0.25, -0.2) is 9.59 Å². The molecule has 6 nitrogen and oxygen atoms in total. The molecule has 0 saturated carbocycles. The Morgan fingerprint density at radius 3 is 2.75 bits per heavy atom. The van der Waals surface area contributed by atoms with Crippen molar-refractivity contribution in [2.75, 3.05) is 6.61 Å². The molecule has 20 heavy (non-hydrogen) atoms. The van der Waals surface area contributed by atoms with E-state index in [0.717, 1.165) is 0 Å². The molecule has 1 aromatic rings. The molecule has 0 aliphatic heterocycles. The van der Waals surface area contributed by atoms with E-state index in [-0.39, 0.29) is 18.8 Å². The number of rotatable bonds is 6. The third-order valence-corrected chi connectivity index (χ3v) is 3.24. The van der Waals surface area contributed by atoms with Crippen molar-refractivity contribution in [3.05, 3.63) is 40.0 Å². The minimum atomic E-state index is -1.16. The summed E-state index contributed by atoms with van der Waals surface area (Å²) in [6.07, 6.45) is 0.665. The Balaban J connectivity index is 2.71. The summed E-state index contributed by atoms with van der Waals surface area (Å²) in [7, 11) is 0. The van der Waals surface area contributed by atoms with Gasteiger partial charge in [0.2, 0.25) is 0 Å². The van der Waals surface area contributed by atoms with Crippen LogP contribution in [0.2, 0.25) is 0 Å². The molecule has 7 heteroatoms. The van der Waals surface area contributed by atoms with E-state index in [2.05, 4.69) is 16.6 Å². The van der Waals surface area contributed by atoms with Crippen molar-refractivity contribution in [1.29, 1.82) is 0 Å². The van der Waals surface area contributed by atoms with Crippen LogP contribution in [0.15, 0.2) is 30.9 Å². The average Bonchev–Trinajstić information content (AvgIpc) is 2.39. The number of carboxylic acid groups (broad SMARTS) is 1. The number of aliphatic carboxylic acids is 1. The highest BCUT2D eigenvalue weighted by molar-refractivity contribution is 14.1. The average molecular weight is 391 g/mol. The van der Waals surface area contributed by atoms with E-state index < -0.39 is 18.1 Å². The summed E-state index contributed by atoms with van der Waals surface area (Å²) in [6.45, 7) is 3.40. The molecule has 1 amide bonds. The van der Waals surface area contributed by atoms with Gasteiger partial charge in [-0.2, -0.15) is 0 Å². The summed E-state index contributed by atoms with van der Waals surface area (Å²) in [5.41, 5.74) is 0.684. The number of hydrogen-bond donors (Lipinski definition) is 3. The predicted molar refractivity (Wildman–Crippen MR) is 80.6 cm³/mol. The zero-order valence-electron chi connectivity index (χ0n) is 10.5. The molecule has 0 heterocycles. The van der Waals surface area contributed by atoms with Crippen LogP contribution >= 0.6 is 22.6 Å². The van der Waals surface area contributed by atoms with Crippen LogP contribution in [-0.2, 0) is 16.0 Å². The van der Waals surface area contributed by atoms with E-state index in [1.165, 1.54) is 12.1 Å². The first-order valence-electron chi connectivity index (χ1n) is 5.68. The number of phenols is 1. The van der Waals surface area contributed by atoms with Gasteiger partial charge in [-0.1, -0.05) is 18.7 Å². The predicted octanol–water partition coefficient (Wildman–Crippen LogP) is 1.90. The molecule has 0 aromatic heterocycles. The second kappa shape index (κ2) is 7.73. The number of carbonyl (C=O) groups is 2. The Labute approximate surface area is 129 Å². The van der Waals surface area contributed by atoms with Crippen LogP contribution < -0.4 is 5.32 Å². The van der Waals surface area contributed by atoms with Gasteiger partial charge in [0.15, 0.2) is 0 Å². The van der Waals surface area contributed by atoms with Crippen molar-refractivity contribution in [2.45, 2.75) is 12.5 Å². The minimum Gasteiger partial charge on any atom is -0.507 e. The summed E-state index contributed by atoms with van der Waals surface area (Å²) in [4.78, 5) is 22.5. The number of benzene rings is 1. The zero-order chi connectivity index (χ0) is 15.1. The summed E-state index contributed by atoms with van der Waals surface area (Å²) < 4.78 is 5.29. The topological polar surface area (TPSA) is 95.9 Å². The number of phenolic OH excluding ortho intramolecular Hbond substituents is 1. The fourth-order valence-corrected chi connectivity index (χ4v) is 2.01. The lowest BCUT2D eigenvalue weighted by molar-refractivity contribution is -0.139. The summed E-state index contributed by atoms with van der Waals surface area (Å²) in [5, 5.41) is 20.8. The number of halogens is 1. The van der Waals surface area contributed by atoms with E-state index in [1.54, 1.807) is 12.1 Å². The van der Waals surface area contributed by atoms with Crippen molar-refractivity contribution in [1.82, 2.24) is 5.32 Å². The van der Waals surface area contributed by atoms with Gasteiger partial charge >= 0.3 is 12.1 Å². The van der Waals surface area contributed by atoms with Gasteiger partial charge in [0, 0.05) is 6.42 Å². The Bertz CT molecular complexity index is 517. The number of carbonyl (C=O) groups excluding carboxylic acids is 1. The third kappa shape index (κ3) is 5.08. The molecule has 1 atom stereocenters. The van der Waals surface area contributed by atoms with Gasteiger partial charge in [-0.05, 0) is 40.3 Å². The second-order valence-electron chi connectivity index (χ2n) is 3.91. The van der Waals surface area contributed by atoms with Gasteiger partial charge in [0.1, 0.15) is 18.4 Å². The van der Waals surface area contributed by atoms with Crippen molar-refractivity contribution < 1.29 is 24.5 Å². The Morgan fingerprint density at radius 2 is 2.20 bits per heavy atom. The lowest BCUT2D eigenvalue weighted by Crippen LogP contribution is -2.42. The second-order valence-corrected chi connectivity index (χ2v) is 5.07. The summed E-state index contributed by atoms with van der Waals surface area (Å²) in [6, 6.07) is 3.63. The molecule has 0 fully saturated rings. The molecule has 1 aromatic carbocycles. The van der Waals surface area contributed by atoms with Crippen LogP contribution in [0.3, 0.4) is 0 Å². The van der Waals surface area contributed by atoms with Gasteiger partial charge in [-0.3, -0.25) is 0 Å². The van der Waals surface area contributed by atoms with Crippen LogP contribution in [0.4, 0.5) is 4.79 Å². The van der Waals surface area contributed by atoms with Gasteiger partial charge in [0.25, 0.3) is 0 Å². The van der Waals surface area contributed by atoms with E-state index in [9.17, 15) is 14.7 Å². The van der Waals surface area contributed by atoms with Crippen LogP contribution in [0.25, 0.3) is 0 Å². The molecule has 0 radical (unpaired) electrons. The standard InChI is InChI=1S/C13H14INO5/c1-2-5-20-13(19)15-10(12(17)18)7-8-3-4-11(16)9(14)6-8/h2-4,6,10,16H,1,5,7H2,(H,15,19)(H,17,18)/t10-/m1/s1. The molecule has 3 N–H and O–H groups in total. The maximum Gasteiger partial charge on any atom is 0.408 e. The summed E-state index contributed by atoms with van der Waals surface area (Å²) >= 11 is 1.94. The molecular formula is C13H14INO5. The smallest absolute Gasteiger partial charge is 0.408 e. The van der Waals surface area contributed by atoms with Gasteiger partial charge in [0.05, 0.1) is 3.57 Å². The third-order valence-electron chi connectivity index (χ3n) is 2.37. The number of hydrogen-bond acceptors (Lipinski definition) is 4. The number of alkyl carbamates (subject to hydrolysis) is 1. The molecule has 0 bridgehead atoms. The maximum absolute atomic E-state index is 11.3. The lowest BCUT2D eigenvalue weighted by atomic mass is 10.1. The normalized spacial score (nSPS) is 11.4. The quantitative estimate of drug-likeness (QED) is 0.509. The minimum absolute atomic E-state index is 0.00921. The molecule has 108 valence electrons. The highest BCUT2D eigenvalue weighted by atomic mass is 127. The summed E-state index contributed by atoms with van der Waals surface area (Å²) in [5.74, 6) is -1.04. The Hall–Kier alpha value is -1.77. The number of ether oxygens (including phenoxy) is 1. The van der Waals surface area contributed by atoms with Crippen LogP contribution in [0.5, 0.6) is 5.75 Å². The molecule has 0 aliphatic carbocycles. The number of amides is 1. The van der Waals surface area contributed by atoms with Crippen LogP contribution in [0.1, 0.15) is 5.56 Å². The fraction of sp³-hybridized carbons (Fsp3) is 0.231. The number of nitrogens with one attached hydrogen (secondary N) is 1. The maximum atomic E-state index is 11.3. The van der Waals surface area contributed by atoms with Crippen molar-refractivity contribution in [3.8, 4) is 5.75 Å². The highest BCUT2D eigenvalue weighted by Gasteiger charge is 2.21. The fourth-order valence-electron chi connectivity index (χ4n) is 1.43. The van der Waals surface area contributed by atoms with Crippen molar-refractivity contribution in [3.63, 3.8) is 0 Å². The van der Waals surface area contributed by atoms with E-state index in [0.29, 0.717) is 9.13 Å². The molecule has 0 unspecified atom stereocenters.